The molecule has 1 amide bonds. The lowest BCUT2D eigenvalue weighted by atomic mass is 9.76. The minimum Gasteiger partial charge on any atom is -0.481 e. The van der Waals surface area contributed by atoms with E-state index in [-0.39, 0.29) is 18.2 Å². The van der Waals surface area contributed by atoms with Gasteiger partial charge in [-0.05, 0) is 37.5 Å². The van der Waals surface area contributed by atoms with Crippen molar-refractivity contribution in [3.8, 4) is 0 Å². The molecule has 0 saturated heterocycles. The predicted molar refractivity (Wildman–Crippen MR) is 74.7 cm³/mol. The number of hydrogen-bond donors (Lipinski definition) is 2. The second kappa shape index (κ2) is 6.40. The molecule has 1 fully saturated rings. The van der Waals surface area contributed by atoms with E-state index in [9.17, 15) is 14.7 Å². The minimum absolute atomic E-state index is 0.0578. The van der Waals surface area contributed by atoms with Crippen LogP contribution in [0.2, 0.25) is 0 Å². The molecule has 0 bridgehead atoms. The highest BCUT2D eigenvalue weighted by Crippen LogP contribution is 2.32. The van der Waals surface area contributed by atoms with Gasteiger partial charge in [0.25, 0.3) is 0 Å². The summed E-state index contributed by atoms with van der Waals surface area (Å²) < 4.78 is 0. The van der Waals surface area contributed by atoms with Gasteiger partial charge in [-0.25, -0.2) is 0 Å². The SMILES string of the molecule is CC1CCC(CNC(=O)CC(C)(C(=O)O)C(C)C)C1. The quantitative estimate of drug-likeness (QED) is 0.779. The minimum atomic E-state index is -0.979. The van der Waals surface area contributed by atoms with Crippen LogP contribution in [0.1, 0.15) is 53.4 Å². The first-order valence-corrected chi connectivity index (χ1v) is 7.25. The summed E-state index contributed by atoms with van der Waals surface area (Å²) in [5.41, 5.74) is -0.979. The Kier molecular flexibility index (Phi) is 5.39. The van der Waals surface area contributed by atoms with Crippen LogP contribution in [0, 0.1) is 23.2 Å². The third-order valence-electron chi connectivity index (χ3n) is 4.68. The van der Waals surface area contributed by atoms with Crippen molar-refractivity contribution in [1.29, 1.82) is 0 Å². The van der Waals surface area contributed by atoms with Crippen molar-refractivity contribution < 1.29 is 14.7 Å². The van der Waals surface area contributed by atoms with Crippen molar-refractivity contribution in [1.82, 2.24) is 5.32 Å². The van der Waals surface area contributed by atoms with Crippen LogP contribution in [-0.4, -0.2) is 23.5 Å². The van der Waals surface area contributed by atoms with E-state index in [1.807, 2.05) is 13.8 Å². The molecule has 3 unspecified atom stereocenters. The summed E-state index contributed by atoms with van der Waals surface area (Å²) in [5, 5.41) is 12.2. The predicted octanol–water partition coefficient (Wildman–Crippen LogP) is 2.68. The van der Waals surface area contributed by atoms with Crippen molar-refractivity contribution in [2.45, 2.75) is 53.4 Å². The molecule has 0 aromatic carbocycles. The maximum atomic E-state index is 11.9. The maximum absolute atomic E-state index is 11.9. The Morgan fingerprint density at radius 3 is 2.42 bits per heavy atom. The number of aliphatic carboxylic acids is 1. The lowest BCUT2D eigenvalue weighted by Crippen LogP contribution is -2.40. The molecular formula is C15H27NO3. The second-order valence-corrected chi connectivity index (χ2v) is 6.64. The van der Waals surface area contributed by atoms with E-state index in [4.69, 9.17) is 0 Å². The van der Waals surface area contributed by atoms with Crippen LogP contribution in [0.15, 0.2) is 0 Å². The average Bonchev–Trinajstić information content (AvgIpc) is 2.72. The van der Waals surface area contributed by atoms with Crippen LogP contribution in [0.25, 0.3) is 0 Å². The molecule has 1 saturated carbocycles. The smallest absolute Gasteiger partial charge is 0.310 e. The molecule has 1 rings (SSSR count). The molecule has 19 heavy (non-hydrogen) atoms. The van der Waals surface area contributed by atoms with Gasteiger partial charge in [0, 0.05) is 13.0 Å². The Bertz CT molecular complexity index is 340. The monoisotopic (exact) mass is 269 g/mol. The maximum Gasteiger partial charge on any atom is 0.310 e. The number of nitrogens with one attached hydrogen (secondary N) is 1. The molecule has 3 atom stereocenters. The number of rotatable bonds is 6. The molecule has 0 aromatic rings. The standard InChI is InChI=1S/C15H27NO3/c1-10(2)15(4,14(18)19)8-13(17)16-9-12-6-5-11(3)7-12/h10-12H,5-9H2,1-4H3,(H,16,17)(H,18,19). The summed E-state index contributed by atoms with van der Waals surface area (Å²) in [6.45, 7) is 8.27. The zero-order chi connectivity index (χ0) is 14.6. The van der Waals surface area contributed by atoms with E-state index >= 15 is 0 Å². The molecule has 2 N–H and O–H groups in total. The molecule has 1 aliphatic rings. The Labute approximate surface area is 116 Å². The van der Waals surface area contributed by atoms with Crippen molar-refractivity contribution in [2.75, 3.05) is 6.54 Å². The number of amides is 1. The van der Waals surface area contributed by atoms with Crippen molar-refractivity contribution in [3.63, 3.8) is 0 Å². The van der Waals surface area contributed by atoms with E-state index in [1.165, 1.54) is 19.3 Å². The van der Waals surface area contributed by atoms with E-state index < -0.39 is 11.4 Å². The highest BCUT2D eigenvalue weighted by molar-refractivity contribution is 5.84. The number of hydrogen-bond acceptors (Lipinski definition) is 2. The molecule has 1 aliphatic carbocycles. The molecular weight excluding hydrogens is 242 g/mol. The summed E-state index contributed by atoms with van der Waals surface area (Å²) in [7, 11) is 0. The Balaban J connectivity index is 2.43. The fraction of sp³-hybridized carbons (Fsp3) is 0.867. The van der Waals surface area contributed by atoms with E-state index in [0.717, 1.165) is 5.92 Å². The Morgan fingerprint density at radius 2 is 2.00 bits per heavy atom. The fourth-order valence-electron chi connectivity index (χ4n) is 2.69. The summed E-state index contributed by atoms with van der Waals surface area (Å²) in [6, 6.07) is 0. The molecule has 4 nitrogen and oxygen atoms in total. The van der Waals surface area contributed by atoms with Crippen LogP contribution in [0.4, 0.5) is 0 Å². The Morgan fingerprint density at radius 1 is 1.37 bits per heavy atom. The number of carboxylic acids is 1. The number of carboxylic acid groups (broad SMARTS) is 1. The Hall–Kier alpha value is -1.06. The van der Waals surface area contributed by atoms with Gasteiger partial charge in [0.2, 0.25) is 5.91 Å². The number of carbonyl (C=O) groups is 2. The molecule has 0 radical (unpaired) electrons. The highest BCUT2D eigenvalue weighted by atomic mass is 16.4. The molecule has 0 aliphatic heterocycles. The van der Waals surface area contributed by atoms with Gasteiger partial charge in [0.05, 0.1) is 5.41 Å². The summed E-state index contributed by atoms with van der Waals surface area (Å²) in [6.07, 6.45) is 3.63. The van der Waals surface area contributed by atoms with Crippen molar-refractivity contribution in [2.24, 2.45) is 23.2 Å². The van der Waals surface area contributed by atoms with Gasteiger partial charge < -0.3 is 10.4 Å². The van der Waals surface area contributed by atoms with Crippen molar-refractivity contribution in [3.05, 3.63) is 0 Å². The first-order valence-electron chi connectivity index (χ1n) is 7.25. The van der Waals surface area contributed by atoms with E-state index in [0.29, 0.717) is 12.5 Å². The van der Waals surface area contributed by atoms with E-state index in [2.05, 4.69) is 12.2 Å². The van der Waals surface area contributed by atoms with Gasteiger partial charge >= 0.3 is 5.97 Å². The van der Waals surface area contributed by atoms with Crippen LogP contribution in [-0.2, 0) is 9.59 Å². The van der Waals surface area contributed by atoms with Gasteiger partial charge in [0.15, 0.2) is 0 Å². The highest BCUT2D eigenvalue weighted by Gasteiger charge is 2.38. The largest absolute Gasteiger partial charge is 0.481 e. The lowest BCUT2D eigenvalue weighted by Gasteiger charge is -2.28. The summed E-state index contributed by atoms with van der Waals surface area (Å²) >= 11 is 0. The van der Waals surface area contributed by atoms with Crippen LogP contribution < -0.4 is 5.32 Å². The molecule has 0 spiro atoms. The van der Waals surface area contributed by atoms with Gasteiger partial charge in [-0.3, -0.25) is 9.59 Å². The average molecular weight is 269 g/mol. The fourth-order valence-corrected chi connectivity index (χ4v) is 2.69. The molecule has 0 heterocycles. The third-order valence-corrected chi connectivity index (χ3v) is 4.68. The topological polar surface area (TPSA) is 66.4 Å². The molecule has 0 aromatic heterocycles. The lowest BCUT2D eigenvalue weighted by molar-refractivity contribution is -0.153. The van der Waals surface area contributed by atoms with Crippen LogP contribution in [0.3, 0.4) is 0 Å². The van der Waals surface area contributed by atoms with Crippen molar-refractivity contribution >= 4 is 11.9 Å². The van der Waals surface area contributed by atoms with Gasteiger partial charge in [0.1, 0.15) is 0 Å². The first kappa shape index (κ1) is 16.0. The second-order valence-electron chi connectivity index (χ2n) is 6.64. The molecule has 110 valence electrons. The summed E-state index contributed by atoms with van der Waals surface area (Å²) in [5.74, 6) is 0.212. The zero-order valence-corrected chi connectivity index (χ0v) is 12.5. The third kappa shape index (κ3) is 4.22. The van der Waals surface area contributed by atoms with Crippen LogP contribution in [0.5, 0.6) is 0 Å². The zero-order valence-electron chi connectivity index (χ0n) is 12.5. The first-order chi connectivity index (χ1) is 8.75. The number of carbonyl (C=O) groups excluding carboxylic acids is 1. The van der Waals surface area contributed by atoms with Gasteiger partial charge in [-0.2, -0.15) is 0 Å². The molecule has 4 heteroatoms. The summed E-state index contributed by atoms with van der Waals surface area (Å²) in [4.78, 5) is 23.3. The van der Waals surface area contributed by atoms with Gasteiger partial charge in [-0.1, -0.05) is 27.2 Å². The van der Waals surface area contributed by atoms with Gasteiger partial charge in [-0.15, -0.1) is 0 Å². The normalized spacial score (nSPS) is 26.2. The van der Waals surface area contributed by atoms with E-state index in [1.54, 1.807) is 6.92 Å². The van der Waals surface area contributed by atoms with Crippen LogP contribution >= 0.6 is 0 Å².